The predicted molar refractivity (Wildman–Crippen MR) is 65.3 cm³/mol. The molecule has 0 aliphatic heterocycles. The first-order valence-electron chi connectivity index (χ1n) is 5.56. The summed E-state index contributed by atoms with van der Waals surface area (Å²) in [5.41, 5.74) is 2.82. The minimum Gasteiger partial charge on any atom is -0.441 e. The van der Waals surface area contributed by atoms with Crippen LogP contribution in [0.2, 0.25) is 0 Å². The SMILES string of the molecule is Cc1nc2cc(CN(C)C(C)C#N)ccc2o1. The number of benzene rings is 1. The molecule has 1 aromatic heterocycles. The Hall–Kier alpha value is -1.86. The molecule has 17 heavy (non-hydrogen) atoms. The first kappa shape index (κ1) is 11.6. The molecule has 4 nitrogen and oxygen atoms in total. The maximum absolute atomic E-state index is 8.84. The van der Waals surface area contributed by atoms with Crippen LogP contribution >= 0.6 is 0 Å². The lowest BCUT2D eigenvalue weighted by Gasteiger charge is -2.18. The molecule has 0 saturated heterocycles. The van der Waals surface area contributed by atoms with E-state index in [4.69, 9.17) is 9.68 Å². The molecule has 1 heterocycles. The van der Waals surface area contributed by atoms with Gasteiger partial charge in [0, 0.05) is 13.5 Å². The van der Waals surface area contributed by atoms with Gasteiger partial charge in [0.1, 0.15) is 5.52 Å². The molecule has 1 atom stereocenters. The third-order valence-electron chi connectivity index (χ3n) is 2.84. The number of aromatic nitrogens is 1. The lowest BCUT2D eigenvalue weighted by atomic mass is 10.2. The van der Waals surface area contributed by atoms with Gasteiger partial charge in [0.2, 0.25) is 0 Å². The minimum absolute atomic E-state index is 0.0928. The largest absolute Gasteiger partial charge is 0.441 e. The van der Waals surface area contributed by atoms with E-state index < -0.39 is 0 Å². The number of nitriles is 1. The third kappa shape index (κ3) is 2.45. The maximum atomic E-state index is 8.84. The number of rotatable bonds is 3. The molecular weight excluding hydrogens is 214 g/mol. The van der Waals surface area contributed by atoms with Crippen LogP contribution in [0.25, 0.3) is 11.1 Å². The van der Waals surface area contributed by atoms with Crippen LogP contribution in [0.1, 0.15) is 18.4 Å². The Morgan fingerprint density at radius 3 is 3.00 bits per heavy atom. The summed E-state index contributed by atoms with van der Waals surface area (Å²) in [6, 6.07) is 8.07. The fourth-order valence-electron chi connectivity index (χ4n) is 1.71. The molecular formula is C13H15N3O. The van der Waals surface area contributed by atoms with E-state index in [2.05, 4.69) is 11.1 Å². The highest BCUT2D eigenvalue weighted by molar-refractivity contribution is 5.73. The van der Waals surface area contributed by atoms with Crippen molar-refractivity contribution in [1.29, 1.82) is 5.26 Å². The highest BCUT2D eigenvalue weighted by Crippen LogP contribution is 2.17. The van der Waals surface area contributed by atoms with E-state index in [-0.39, 0.29) is 6.04 Å². The van der Waals surface area contributed by atoms with E-state index in [1.54, 1.807) is 0 Å². The number of fused-ring (bicyclic) bond motifs is 1. The Kier molecular flexibility index (Phi) is 3.12. The van der Waals surface area contributed by atoms with Gasteiger partial charge < -0.3 is 4.42 Å². The van der Waals surface area contributed by atoms with Gasteiger partial charge in [-0.15, -0.1) is 0 Å². The number of aryl methyl sites for hydroxylation is 1. The summed E-state index contributed by atoms with van der Waals surface area (Å²) in [4.78, 5) is 6.29. The van der Waals surface area contributed by atoms with Gasteiger partial charge in [0.25, 0.3) is 0 Å². The molecule has 0 fully saturated rings. The Bertz CT molecular complexity index is 568. The topological polar surface area (TPSA) is 53.1 Å². The molecule has 0 aliphatic carbocycles. The van der Waals surface area contributed by atoms with Crippen molar-refractivity contribution in [2.75, 3.05) is 7.05 Å². The van der Waals surface area contributed by atoms with Gasteiger partial charge in [-0.25, -0.2) is 4.98 Å². The molecule has 0 bridgehead atoms. The normalized spacial score (nSPS) is 12.9. The molecule has 0 radical (unpaired) electrons. The quantitative estimate of drug-likeness (QED) is 0.811. The van der Waals surface area contributed by atoms with E-state index in [1.807, 2.05) is 44.0 Å². The average molecular weight is 229 g/mol. The summed E-state index contributed by atoms with van der Waals surface area (Å²) < 4.78 is 5.42. The first-order valence-corrected chi connectivity index (χ1v) is 5.56. The summed E-state index contributed by atoms with van der Waals surface area (Å²) in [7, 11) is 1.94. The smallest absolute Gasteiger partial charge is 0.192 e. The molecule has 4 heteroatoms. The molecule has 88 valence electrons. The van der Waals surface area contributed by atoms with Crippen molar-refractivity contribution in [3.05, 3.63) is 29.7 Å². The lowest BCUT2D eigenvalue weighted by molar-refractivity contribution is 0.294. The van der Waals surface area contributed by atoms with Gasteiger partial charge >= 0.3 is 0 Å². The Balaban J connectivity index is 2.22. The fourth-order valence-corrected chi connectivity index (χ4v) is 1.71. The van der Waals surface area contributed by atoms with Gasteiger partial charge in [0.05, 0.1) is 12.1 Å². The molecule has 1 unspecified atom stereocenters. The van der Waals surface area contributed by atoms with E-state index in [0.717, 1.165) is 23.2 Å². The van der Waals surface area contributed by atoms with E-state index in [9.17, 15) is 0 Å². The van der Waals surface area contributed by atoms with Crippen LogP contribution in [0.15, 0.2) is 22.6 Å². The van der Waals surface area contributed by atoms with E-state index in [1.165, 1.54) is 0 Å². The monoisotopic (exact) mass is 229 g/mol. The zero-order valence-corrected chi connectivity index (χ0v) is 10.3. The Morgan fingerprint density at radius 2 is 2.29 bits per heavy atom. The molecule has 1 aromatic carbocycles. The van der Waals surface area contributed by atoms with Crippen LogP contribution < -0.4 is 0 Å². The number of hydrogen-bond donors (Lipinski definition) is 0. The first-order chi connectivity index (χ1) is 8.10. The second-order valence-electron chi connectivity index (χ2n) is 4.26. The van der Waals surface area contributed by atoms with Crippen molar-refractivity contribution in [1.82, 2.24) is 9.88 Å². The minimum atomic E-state index is -0.0928. The molecule has 0 amide bonds. The van der Waals surface area contributed by atoms with Gasteiger partial charge in [0.15, 0.2) is 11.5 Å². The highest BCUT2D eigenvalue weighted by atomic mass is 16.3. The van der Waals surface area contributed by atoms with Gasteiger partial charge in [-0.2, -0.15) is 5.26 Å². The lowest BCUT2D eigenvalue weighted by Crippen LogP contribution is -2.26. The predicted octanol–water partition coefficient (Wildman–Crippen LogP) is 2.48. The third-order valence-corrected chi connectivity index (χ3v) is 2.84. The van der Waals surface area contributed by atoms with Crippen LogP contribution in [0, 0.1) is 18.3 Å². The van der Waals surface area contributed by atoms with Gasteiger partial charge in [-0.05, 0) is 31.7 Å². The summed E-state index contributed by atoms with van der Waals surface area (Å²) in [6.07, 6.45) is 0. The van der Waals surface area contributed by atoms with Crippen LogP contribution in [-0.2, 0) is 6.54 Å². The van der Waals surface area contributed by atoms with Crippen LogP contribution in [0.3, 0.4) is 0 Å². The van der Waals surface area contributed by atoms with Crippen LogP contribution in [-0.4, -0.2) is 23.0 Å². The summed E-state index contributed by atoms with van der Waals surface area (Å²) in [5.74, 6) is 0.677. The zero-order chi connectivity index (χ0) is 12.4. The van der Waals surface area contributed by atoms with Crippen molar-refractivity contribution in [3.63, 3.8) is 0 Å². The molecule has 0 N–H and O–H groups in total. The molecule has 2 aromatic rings. The second kappa shape index (κ2) is 4.56. The molecule has 0 saturated carbocycles. The number of nitrogens with zero attached hydrogens (tertiary/aromatic N) is 3. The van der Waals surface area contributed by atoms with Crippen molar-refractivity contribution < 1.29 is 4.42 Å². The highest BCUT2D eigenvalue weighted by Gasteiger charge is 2.09. The maximum Gasteiger partial charge on any atom is 0.192 e. The Morgan fingerprint density at radius 1 is 1.53 bits per heavy atom. The standard InChI is InChI=1S/C13H15N3O/c1-9(7-14)16(3)8-11-4-5-13-12(6-11)15-10(2)17-13/h4-6,9H,8H2,1-3H3. The molecule has 0 aliphatic rings. The van der Waals surface area contributed by atoms with Crippen molar-refractivity contribution >= 4 is 11.1 Å². The zero-order valence-electron chi connectivity index (χ0n) is 10.3. The van der Waals surface area contributed by atoms with Crippen molar-refractivity contribution in [2.45, 2.75) is 26.4 Å². The summed E-state index contributed by atoms with van der Waals surface area (Å²) in [5, 5.41) is 8.84. The van der Waals surface area contributed by atoms with Crippen molar-refractivity contribution in [2.24, 2.45) is 0 Å². The summed E-state index contributed by atoms with van der Waals surface area (Å²) in [6.45, 7) is 4.46. The number of hydrogen-bond acceptors (Lipinski definition) is 4. The fraction of sp³-hybridized carbons (Fsp3) is 0.385. The van der Waals surface area contributed by atoms with Crippen molar-refractivity contribution in [3.8, 4) is 6.07 Å². The summed E-state index contributed by atoms with van der Waals surface area (Å²) >= 11 is 0. The Labute approximate surface area is 100 Å². The average Bonchev–Trinajstić information content (AvgIpc) is 2.67. The molecule has 2 rings (SSSR count). The second-order valence-corrected chi connectivity index (χ2v) is 4.26. The van der Waals surface area contributed by atoms with Gasteiger partial charge in [-0.1, -0.05) is 6.07 Å². The van der Waals surface area contributed by atoms with E-state index in [0.29, 0.717) is 5.89 Å². The van der Waals surface area contributed by atoms with Crippen LogP contribution in [0.4, 0.5) is 0 Å². The van der Waals surface area contributed by atoms with Gasteiger partial charge in [-0.3, -0.25) is 4.90 Å². The van der Waals surface area contributed by atoms with Crippen LogP contribution in [0.5, 0.6) is 0 Å². The van der Waals surface area contributed by atoms with E-state index >= 15 is 0 Å². The molecule has 0 spiro atoms. The number of oxazole rings is 1.